The van der Waals surface area contributed by atoms with Gasteiger partial charge in [0.25, 0.3) is 0 Å². The van der Waals surface area contributed by atoms with Crippen LogP contribution in [0.4, 0.5) is 14.5 Å². The molecule has 0 spiro atoms. The van der Waals surface area contributed by atoms with Crippen LogP contribution >= 0.6 is 0 Å². The lowest BCUT2D eigenvalue weighted by molar-refractivity contribution is 0.135. The van der Waals surface area contributed by atoms with Gasteiger partial charge in [0.2, 0.25) is 0 Å². The van der Waals surface area contributed by atoms with E-state index in [0.29, 0.717) is 11.5 Å². The van der Waals surface area contributed by atoms with Crippen LogP contribution in [0.5, 0.6) is 17.2 Å². The second-order valence-corrected chi connectivity index (χ2v) is 5.68. The van der Waals surface area contributed by atoms with Crippen molar-refractivity contribution in [3.8, 4) is 17.2 Å². The van der Waals surface area contributed by atoms with E-state index < -0.39 is 11.6 Å². The molecule has 2 aromatic rings. The molecule has 1 aliphatic rings. The summed E-state index contributed by atoms with van der Waals surface area (Å²) in [4.78, 5) is 0. The average molecular weight is 291 g/mol. The number of rotatable bonds is 2. The summed E-state index contributed by atoms with van der Waals surface area (Å²) in [6, 6.07) is 7.20. The van der Waals surface area contributed by atoms with Crippen molar-refractivity contribution in [2.45, 2.75) is 25.9 Å². The molecular weight excluding hydrogens is 276 g/mol. The summed E-state index contributed by atoms with van der Waals surface area (Å²) in [5.74, 6) is -0.667. The van der Waals surface area contributed by atoms with Crippen molar-refractivity contribution in [1.82, 2.24) is 0 Å². The van der Waals surface area contributed by atoms with Crippen LogP contribution < -0.4 is 15.2 Å². The maximum atomic E-state index is 13.5. The number of hydrogen-bond donors (Lipinski definition) is 1. The van der Waals surface area contributed by atoms with Gasteiger partial charge in [-0.3, -0.25) is 0 Å². The van der Waals surface area contributed by atoms with Crippen molar-refractivity contribution in [3.05, 3.63) is 47.5 Å². The Morgan fingerprint density at radius 3 is 2.71 bits per heavy atom. The van der Waals surface area contributed by atoms with E-state index in [-0.39, 0.29) is 17.0 Å². The van der Waals surface area contributed by atoms with Crippen molar-refractivity contribution in [2.75, 3.05) is 5.73 Å². The molecule has 2 aromatic carbocycles. The van der Waals surface area contributed by atoms with Gasteiger partial charge in [0, 0.05) is 24.1 Å². The first-order valence-corrected chi connectivity index (χ1v) is 6.59. The zero-order chi connectivity index (χ0) is 15.2. The molecule has 3 nitrogen and oxygen atoms in total. The summed E-state index contributed by atoms with van der Waals surface area (Å²) in [5, 5.41) is 0. The number of nitrogen functional groups attached to an aromatic ring is 1. The van der Waals surface area contributed by atoms with Gasteiger partial charge in [0.1, 0.15) is 17.1 Å². The van der Waals surface area contributed by atoms with Crippen molar-refractivity contribution in [2.24, 2.45) is 0 Å². The molecule has 2 N–H and O–H groups in total. The van der Waals surface area contributed by atoms with Gasteiger partial charge in [0.15, 0.2) is 23.1 Å². The second-order valence-electron chi connectivity index (χ2n) is 5.68. The van der Waals surface area contributed by atoms with E-state index >= 15 is 0 Å². The summed E-state index contributed by atoms with van der Waals surface area (Å²) in [7, 11) is 0. The third kappa shape index (κ3) is 2.51. The van der Waals surface area contributed by atoms with Crippen LogP contribution in [-0.4, -0.2) is 5.60 Å². The van der Waals surface area contributed by atoms with Crippen LogP contribution in [0.15, 0.2) is 30.3 Å². The molecule has 0 bridgehead atoms. The first-order valence-electron chi connectivity index (χ1n) is 6.59. The van der Waals surface area contributed by atoms with E-state index in [1.165, 1.54) is 0 Å². The molecule has 0 saturated heterocycles. The second kappa shape index (κ2) is 4.62. The van der Waals surface area contributed by atoms with Gasteiger partial charge in [-0.1, -0.05) is 12.1 Å². The molecule has 5 heteroatoms. The topological polar surface area (TPSA) is 44.5 Å². The monoisotopic (exact) mass is 291 g/mol. The number of para-hydroxylation sites is 1. The Hall–Kier alpha value is -2.30. The fourth-order valence-electron chi connectivity index (χ4n) is 2.43. The van der Waals surface area contributed by atoms with Gasteiger partial charge in [-0.25, -0.2) is 8.78 Å². The fourth-order valence-corrected chi connectivity index (χ4v) is 2.43. The zero-order valence-electron chi connectivity index (χ0n) is 11.7. The van der Waals surface area contributed by atoms with Crippen LogP contribution in [0.2, 0.25) is 0 Å². The summed E-state index contributed by atoms with van der Waals surface area (Å²) in [5.41, 5.74) is 6.02. The van der Waals surface area contributed by atoms with Crippen molar-refractivity contribution < 1.29 is 18.3 Å². The number of hydrogen-bond acceptors (Lipinski definition) is 3. The number of nitrogens with two attached hydrogens (primary N) is 1. The zero-order valence-corrected chi connectivity index (χ0v) is 11.7. The molecule has 1 aliphatic heterocycles. The van der Waals surface area contributed by atoms with Gasteiger partial charge < -0.3 is 15.2 Å². The van der Waals surface area contributed by atoms with E-state index in [2.05, 4.69) is 0 Å². The molecule has 0 amide bonds. The quantitative estimate of drug-likeness (QED) is 0.849. The third-order valence-electron chi connectivity index (χ3n) is 3.33. The Bertz CT molecular complexity index is 714. The first kappa shape index (κ1) is 13.7. The van der Waals surface area contributed by atoms with Gasteiger partial charge in [-0.2, -0.15) is 0 Å². The molecule has 110 valence electrons. The van der Waals surface area contributed by atoms with E-state index in [1.807, 2.05) is 26.0 Å². The van der Waals surface area contributed by atoms with Crippen LogP contribution in [-0.2, 0) is 6.42 Å². The number of halogens is 2. The van der Waals surface area contributed by atoms with E-state index in [1.54, 1.807) is 6.07 Å². The predicted octanol–water partition coefficient (Wildman–Crippen LogP) is 4.05. The van der Waals surface area contributed by atoms with Crippen molar-refractivity contribution in [3.63, 3.8) is 0 Å². The lowest BCUT2D eigenvalue weighted by atomic mass is 10.0. The molecule has 21 heavy (non-hydrogen) atoms. The summed E-state index contributed by atoms with van der Waals surface area (Å²) in [6.07, 6.45) is 0.743. The molecular formula is C16H15F2NO2. The van der Waals surface area contributed by atoms with Gasteiger partial charge in [0.05, 0.1) is 0 Å². The summed E-state index contributed by atoms with van der Waals surface area (Å²) < 4.78 is 38.2. The largest absolute Gasteiger partial charge is 0.483 e. The Balaban J connectivity index is 2.00. The van der Waals surface area contributed by atoms with Crippen LogP contribution in [0.25, 0.3) is 0 Å². The standard InChI is InChI=1S/C16H15F2NO2/c1-16(2)8-9-4-3-5-12(15(9)21-16)20-13-7-10(17)6-11(18)14(13)19/h3-7H,8,19H2,1-2H3. The maximum Gasteiger partial charge on any atom is 0.169 e. The summed E-state index contributed by atoms with van der Waals surface area (Å²) >= 11 is 0. The smallest absolute Gasteiger partial charge is 0.169 e. The minimum Gasteiger partial charge on any atom is -0.483 e. The van der Waals surface area contributed by atoms with Crippen molar-refractivity contribution >= 4 is 5.69 Å². The SMILES string of the molecule is CC1(C)Cc2cccc(Oc3cc(F)cc(F)c3N)c2O1. The third-order valence-corrected chi connectivity index (χ3v) is 3.33. The van der Waals surface area contributed by atoms with Crippen LogP contribution in [0, 0.1) is 11.6 Å². The number of fused-ring (bicyclic) bond motifs is 1. The molecule has 0 unspecified atom stereocenters. The highest BCUT2D eigenvalue weighted by molar-refractivity contribution is 5.58. The molecule has 1 heterocycles. The average Bonchev–Trinajstić information content (AvgIpc) is 2.70. The Kier molecular flexibility index (Phi) is 3.01. The fraction of sp³-hybridized carbons (Fsp3) is 0.250. The van der Waals surface area contributed by atoms with E-state index in [4.69, 9.17) is 15.2 Å². The molecule has 0 aliphatic carbocycles. The van der Waals surface area contributed by atoms with Crippen LogP contribution in [0.1, 0.15) is 19.4 Å². The van der Waals surface area contributed by atoms with E-state index in [0.717, 1.165) is 24.1 Å². The Labute approximate surface area is 121 Å². The minimum atomic E-state index is -0.848. The predicted molar refractivity (Wildman–Crippen MR) is 75.7 cm³/mol. The highest BCUT2D eigenvalue weighted by Gasteiger charge is 2.32. The highest BCUT2D eigenvalue weighted by Crippen LogP contribution is 2.44. The van der Waals surface area contributed by atoms with Gasteiger partial charge >= 0.3 is 0 Å². The minimum absolute atomic E-state index is 0.0609. The highest BCUT2D eigenvalue weighted by atomic mass is 19.1. The number of anilines is 1. The Morgan fingerprint density at radius 1 is 1.19 bits per heavy atom. The molecule has 3 rings (SSSR count). The molecule has 0 radical (unpaired) electrons. The Morgan fingerprint density at radius 2 is 1.95 bits per heavy atom. The molecule has 0 fully saturated rings. The van der Waals surface area contributed by atoms with E-state index in [9.17, 15) is 8.78 Å². The molecule has 0 saturated carbocycles. The molecule has 0 aromatic heterocycles. The first-order chi connectivity index (χ1) is 9.85. The normalized spacial score (nSPS) is 15.4. The number of benzene rings is 2. The summed E-state index contributed by atoms with van der Waals surface area (Å²) in [6.45, 7) is 3.93. The van der Waals surface area contributed by atoms with Crippen LogP contribution in [0.3, 0.4) is 0 Å². The lowest BCUT2D eigenvalue weighted by Crippen LogP contribution is -2.24. The lowest BCUT2D eigenvalue weighted by Gasteiger charge is -2.18. The molecule has 0 atom stereocenters. The van der Waals surface area contributed by atoms with Gasteiger partial charge in [-0.15, -0.1) is 0 Å². The van der Waals surface area contributed by atoms with Gasteiger partial charge in [-0.05, 0) is 19.9 Å². The van der Waals surface area contributed by atoms with Crippen molar-refractivity contribution in [1.29, 1.82) is 0 Å². The number of ether oxygens (including phenoxy) is 2. The maximum absolute atomic E-state index is 13.5.